The molecule has 9 heteroatoms. The van der Waals surface area contributed by atoms with Crippen LogP contribution >= 0.6 is 11.6 Å². The van der Waals surface area contributed by atoms with Gasteiger partial charge in [0.05, 0.1) is 18.2 Å². The molecule has 164 valence electrons. The normalized spacial score (nSPS) is 12.5. The van der Waals surface area contributed by atoms with Crippen molar-refractivity contribution < 1.29 is 9.53 Å². The van der Waals surface area contributed by atoms with Crippen LogP contribution in [0.1, 0.15) is 52.3 Å². The zero-order valence-corrected chi connectivity index (χ0v) is 18.8. The van der Waals surface area contributed by atoms with E-state index in [-0.39, 0.29) is 41.5 Å². The molecule has 0 bridgehead atoms. The van der Waals surface area contributed by atoms with E-state index in [4.69, 9.17) is 16.3 Å². The second kappa shape index (κ2) is 9.43. The number of hydrogen-bond acceptors (Lipinski definition) is 7. The van der Waals surface area contributed by atoms with Gasteiger partial charge in [-0.3, -0.25) is 19.1 Å². The largest absolute Gasteiger partial charge is 0.460 e. The molecule has 0 radical (unpaired) electrons. The number of aromatic nitrogens is 4. The molecule has 3 heterocycles. The van der Waals surface area contributed by atoms with Crippen molar-refractivity contribution in [2.45, 2.75) is 52.2 Å². The summed E-state index contributed by atoms with van der Waals surface area (Å²) in [5.41, 5.74) is 0.711. The summed E-state index contributed by atoms with van der Waals surface area (Å²) in [5.74, 6) is -0.218. The van der Waals surface area contributed by atoms with Gasteiger partial charge in [0.1, 0.15) is 16.3 Å². The standard InChI is InChI=1S/C22H26ClN5O3/c1-5-16(14-8-6-7-12-24-14)28-20-15(9-10-17(23)27-20)26-19(21(28)30)25-13-11-18(29)31-22(2,3)4/h6-10,12,16H,5,11,13H2,1-4H3,(H,25,26)/t16-/m0/s1. The van der Waals surface area contributed by atoms with Crippen LogP contribution in [0.3, 0.4) is 0 Å². The maximum absolute atomic E-state index is 13.4. The van der Waals surface area contributed by atoms with Crippen molar-refractivity contribution in [1.82, 2.24) is 19.5 Å². The topological polar surface area (TPSA) is 99.0 Å². The van der Waals surface area contributed by atoms with E-state index in [2.05, 4.69) is 20.3 Å². The monoisotopic (exact) mass is 443 g/mol. The van der Waals surface area contributed by atoms with Gasteiger partial charge in [0.25, 0.3) is 5.56 Å². The Morgan fingerprint density at radius 2 is 2.00 bits per heavy atom. The van der Waals surface area contributed by atoms with Crippen LogP contribution in [0.4, 0.5) is 5.82 Å². The number of nitrogens with zero attached hydrogens (tertiary/aromatic N) is 4. The average Bonchev–Trinajstić information content (AvgIpc) is 2.70. The lowest BCUT2D eigenvalue weighted by atomic mass is 10.1. The number of pyridine rings is 2. The van der Waals surface area contributed by atoms with Crippen molar-refractivity contribution >= 4 is 34.6 Å². The van der Waals surface area contributed by atoms with Crippen LogP contribution < -0.4 is 10.9 Å². The van der Waals surface area contributed by atoms with E-state index in [1.165, 1.54) is 0 Å². The highest BCUT2D eigenvalue weighted by Crippen LogP contribution is 2.24. The minimum absolute atomic E-state index is 0.104. The number of anilines is 1. The van der Waals surface area contributed by atoms with Crippen LogP contribution in [0.25, 0.3) is 11.2 Å². The lowest BCUT2D eigenvalue weighted by Crippen LogP contribution is -2.31. The number of fused-ring (bicyclic) bond motifs is 1. The van der Waals surface area contributed by atoms with Gasteiger partial charge in [-0.1, -0.05) is 24.6 Å². The molecule has 0 aliphatic rings. The molecule has 31 heavy (non-hydrogen) atoms. The first kappa shape index (κ1) is 22.7. The molecule has 0 aliphatic heterocycles. The Morgan fingerprint density at radius 1 is 1.23 bits per heavy atom. The second-order valence-electron chi connectivity index (χ2n) is 8.05. The molecule has 0 fully saturated rings. The summed E-state index contributed by atoms with van der Waals surface area (Å²) in [6, 6.07) is 8.55. The maximum atomic E-state index is 13.4. The number of hydrogen-bond donors (Lipinski definition) is 1. The predicted octanol–water partition coefficient (Wildman–Crippen LogP) is 3.98. The highest BCUT2D eigenvalue weighted by atomic mass is 35.5. The molecule has 1 N–H and O–H groups in total. The van der Waals surface area contributed by atoms with Gasteiger partial charge in [-0.05, 0) is 51.5 Å². The quantitative estimate of drug-likeness (QED) is 0.435. The van der Waals surface area contributed by atoms with Crippen LogP contribution in [0.2, 0.25) is 5.15 Å². The third-order valence-electron chi connectivity index (χ3n) is 4.47. The summed E-state index contributed by atoms with van der Waals surface area (Å²) in [5, 5.41) is 3.25. The Hall–Kier alpha value is -3.00. The smallest absolute Gasteiger partial charge is 0.308 e. The minimum atomic E-state index is -0.563. The number of carbonyl (C=O) groups is 1. The fraction of sp³-hybridized carbons (Fsp3) is 0.409. The third-order valence-corrected chi connectivity index (χ3v) is 4.68. The number of nitrogens with one attached hydrogen (secondary N) is 1. The van der Waals surface area contributed by atoms with Gasteiger partial charge in [0.15, 0.2) is 11.5 Å². The molecule has 3 rings (SSSR count). The number of halogens is 1. The first-order chi connectivity index (χ1) is 14.7. The zero-order valence-electron chi connectivity index (χ0n) is 18.1. The van der Waals surface area contributed by atoms with Gasteiger partial charge in [0, 0.05) is 12.7 Å². The van der Waals surface area contributed by atoms with Crippen molar-refractivity contribution in [2.75, 3.05) is 11.9 Å². The van der Waals surface area contributed by atoms with E-state index in [1.54, 1.807) is 22.9 Å². The molecule has 0 aliphatic carbocycles. The van der Waals surface area contributed by atoms with Crippen LogP contribution in [-0.4, -0.2) is 37.6 Å². The lowest BCUT2D eigenvalue weighted by Gasteiger charge is -2.21. The maximum Gasteiger partial charge on any atom is 0.308 e. The number of ether oxygens (including phenoxy) is 1. The van der Waals surface area contributed by atoms with E-state index in [9.17, 15) is 9.59 Å². The highest BCUT2D eigenvalue weighted by Gasteiger charge is 2.22. The number of rotatable bonds is 7. The Morgan fingerprint density at radius 3 is 2.65 bits per heavy atom. The van der Waals surface area contributed by atoms with Crippen LogP contribution in [0.5, 0.6) is 0 Å². The fourth-order valence-corrected chi connectivity index (χ4v) is 3.38. The molecule has 1 atom stereocenters. The summed E-state index contributed by atoms with van der Waals surface area (Å²) in [6.45, 7) is 7.61. The van der Waals surface area contributed by atoms with E-state index in [0.29, 0.717) is 17.6 Å². The Balaban J connectivity index is 1.99. The van der Waals surface area contributed by atoms with Gasteiger partial charge in [-0.25, -0.2) is 9.97 Å². The molecule has 0 aromatic carbocycles. The zero-order chi connectivity index (χ0) is 22.6. The van der Waals surface area contributed by atoms with Gasteiger partial charge in [0.2, 0.25) is 0 Å². The summed E-state index contributed by atoms with van der Waals surface area (Å²) in [7, 11) is 0. The minimum Gasteiger partial charge on any atom is -0.460 e. The molecular weight excluding hydrogens is 418 g/mol. The Labute approximate surface area is 185 Å². The summed E-state index contributed by atoms with van der Waals surface area (Å²) >= 11 is 6.11. The molecule has 0 amide bonds. The van der Waals surface area contributed by atoms with Gasteiger partial charge < -0.3 is 10.1 Å². The van der Waals surface area contributed by atoms with Gasteiger partial charge in [-0.15, -0.1) is 0 Å². The molecule has 3 aromatic rings. The Kier molecular flexibility index (Phi) is 6.90. The molecule has 0 unspecified atom stereocenters. The average molecular weight is 444 g/mol. The predicted molar refractivity (Wildman–Crippen MR) is 120 cm³/mol. The highest BCUT2D eigenvalue weighted by molar-refractivity contribution is 6.29. The van der Waals surface area contributed by atoms with E-state index in [1.807, 2.05) is 45.9 Å². The SMILES string of the molecule is CC[C@@H](c1ccccn1)n1c(=O)c(NCCC(=O)OC(C)(C)C)nc2ccc(Cl)nc21. The number of esters is 1. The fourth-order valence-electron chi connectivity index (χ4n) is 3.24. The summed E-state index contributed by atoms with van der Waals surface area (Å²) < 4.78 is 6.87. The lowest BCUT2D eigenvalue weighted by molar-refractivity contribution is -0.154. The first-order valence-electron chi connectivity index (χ1n) is 10.1. The van der Waals surface area contributed by atoms with Gasteiger partial charge in [-0.2, -0.15) is 0 Å². The van der Waals surface area contributed by atoms with Crippen LogP contribution in [-0.2, 0) is 9.53 Å². The van der Waals surface area contributed by atoms with E-state index < -0.39 is 5.60 Å². The van der Waals surface area contributed by atoms with E-state index in [0.717, 1.165) is 5.69 Å². The molecule has 0 spiro atoms. The van der Waals surface area contributed by atoms with Crippen molar-refractivity contribution in [2.24, 2.45) is 0 Å². The van der Waals surface area contributed by atoms with Gasteiger partial charge >= 0.3 is 5.97 Å². The van der Waals surface area contributed by atoms with Crippen LogP contribution in [0.15, 0.2) is 41.3 Å². The number of carbonyl (C=O) groups excluding carboxylic acids is 1. The first-order valence-corrected chi connectivity index (χ1v) is 10.5. The Bertz CT molecular complexity index is 1130. The third kappa shape index (κ3) is 5.58. The second-order valence-corrected chi connectivity index (χ2v) is 8.44. The molecular formula is C22H26ClN5O3. The molecule has 8 nitrogen and oxygen atoms in total. The molecule has 3 aromatic heterocycles. The molecule has 0 saturated heterocycles. The summed E-state index contributed by atoms with van der Waals surface area (Å²) in [6.07, 6.45) is 2.40. The van der Waals surface area contributed by atoms with Crippen molar-refractivity contribution in [3.8, 4) is 0 Å². The van der Waals surface area contributed by atoms with Crippen LogP contribution in [0, 0.1) is 0 Å². The summed E-state index contributed by atoms with van der Waals surface area (Å²) in [4.78, 5) is 38.6. The van der Waals surface area contributed by atoms with E-state index >= 15 is 0 Å². The van der Waals surface area contributed by atoms with Crippen molar-refractivity contribution in [3.05, 3.63) is 57.7 Å². The molecule has 0 saturated carbocycles. The van der Waals surface area contributed by atoms with Crippen molar-refractivity contribution in [3.63, 3.8) is 0 Å². The van der Waals surface area contributed by atoms with Crippen molar-refractivity contribution in [1.29, 1.82) is 0 Å².